The summed E-state index contributed by atoms with van der Waals surface area (Å²) < 4.78 is 13.6. The van der Waals surface area contributed by atoms with Crippen molar-refractivity contribution in [3.05, 3.63) is 70.1 Å². The van der Waals surface area contributed by atoms with E-state index in [1.165, 1.54) is 12.3 Å². The number of nitrogens with zero attached hydrogens (tertiary/aromatic N) is 3. The molecule has 0 bridgehead atoms. The average molecular weight is 364 g/mol. The van der Waals surface area contributed by atoms with Crippen molar-refractivity contribution in [2.45, 2.75) is 6.54 Å². The number of hydrogen-bond acceptors (Lipinski definition) is 5. The lowest BCUT2D eigenvalue weighted by atomic mass is 10.2. The van der Waals surface area contributed by atoms with Gasteiger partial charge in [0.2, 0.25) is 5.95 Å². The Hall–Kier alpha value is -2.44. The molecule has 0 saturated carbocycles. The number of benzene rings is 2. The van der Waals surface area contributed by atoms with E-state index < -0.39 is 0 Å². The minimum absolute atomic E-state index is 0.248. The van der Waals surface area contributed by atoms with Gasteiger partial charge in [-0.2, -0.15) is 10.1 Å². The largest absolute Gasteiger partial charge is 0.364 e. The van der Waals surface area contributed by atoms with Crippen LogP contribution < -0.4 is 10.6 Å². The lowest BCUT2D eigenvalue weighted by Gasteiger charge is -2.09. The van der Waals surface area contributed by atoms with Crippen molar-refractivity contribution < 1.29 is 4.39 Å². The summed E-state index contributed by atoms with van der Waals surface area (Å²) in [5.74, 6) is 0.419. The van der Waals surface area contributed by atoms with Crippen LogP contribution in [0, 0.1) is 5.82 Å². The third-order valence-electron chi connectivity index (χ3n) is 3.15. The molecular formula is C16H12Cl2FN5. The van der Waals surface area contributed by atoms with Gasteiger partial charge in [0.15, 0.2) is 5.82 Å². The van der Waals surface area contributed by atoms with Crippen LogP contribution in [0.4, 0.5) is 21.8 Å². The van der Waals surface area contributed by atoms with Crippen molar-refractivity contribution in [2.75, 3.05) is 10.6 Å². The van der Waals surface area contributed by atoms with Crippen LogP contribution in [0.2, 0.25) is 10.0 Å². The Bertz CT molecular complexity index is 859. The lowest BCUT2D eigenvalue weighted by Crippen LogP contribution is -2.06. The minimum atomic E-state index is -0.281. The third-order valence-corrected chi connectivity index (χ3v) is 3.72. The van der Waals surface area contributed by atoms with Gasteiger partial charge in [0, 0.05) is 17.1 Å². The highest BCUT2D eigenvalue weighted by molar-refractivity contribution is 6.35. The van der Waals surface area contributed by atoms with E-state index in [1.54, 1.807) is 36.4 Å². The van der Waals surface area contributed by atoms with Gasteiger partial charge in [0.1, 0.15) is 5.82 Å². The first kappa shape index (κ1) is 16.4. The molecule has 0 spiro atoms. The van der Waals surface area contributed by atoms with Crippen molar-refractivity contribution in [3.63, 3.8) is 0 Å². The summed E-state index contributed by atoms with van der Waals surface area (Å²) >= 11 is 12.0. The summed E-state index contributed by atoms with van der Waals surface area (Å²) in [4.78, 5) is 4.26. The SMILES string of the molecule is Fc1ccccc1CNc1cnnc(Nc2cc(Cl)ccc2Cl)n1. The monoisotopic (exact) mass is 363 g/mol. The molecule has 0 aliphatic carbocycles. The average Bonchev–Trinajstić information content (AvgIpc) is 2.58. The van der Waals surface area contributed by atoms with Crippen LogP contribution in [0.3, 0.4) is 0 Å². The second kappa shape index (κ2) is 7.42. The fourth-order valence-electron chi connectivity index (χ4n) is 1.98. The lowest BCUT2D eigenvalue weighted by molar-refractivity contribution is 0.613. The summed E-state index contributed by atoms with van der Waals surface area (Å²) in [5.41, 5.74) is 1.10. The number of aromatic nitrogens is 3. The van der Waals surface area contributed by atoms with Crippen molar-refractivity contribution in [3.8, 4) is 0 Å². The van der Waals surface area contributed by atoms with Gasteiger partial charge in [-0.1, -0.05) is 41.4 Å². The van der Waals surface area contributed by atoms with Gasteiger partial charge in [-0.25, -0.2) is 4.39 Å². The molecule has 3 rings (SSSR count). The van der Waals surface area contributed by atoms with E-state index in [-0.39, 0.29) is 18.3 Å². The molecule has 0 saturated heterocycles. The maximum Gasteiger partial charge on any atom is 0.249 e. The van der Waals surface area contributed by atoms with Crippen LogP contribution >= 0.6 is 23.2 Å². The van der Waals surface area contributed by atoms with Crippen molar-refractivity contribution >= 4 is 40.7 Å². The maximum atomic E-state index is 13.6. The van der Waals surface area contributed by atoms with Gasteiger partial charge in [-0.15, -0.1) is 5.10 Å². The van der Waals surface area contributed by atoms with E-state index in [4.69, 9.17) is 23.2 Å². The predicted molar refractivity (Wildman–Crippen MR) is 93.3 cm³/mol. The Labute approximate surface area is 147 Å². The number of halogens is 3. The highest BCUT2D eigenvalue weighted by Gasteiger charge is 2.06. The van der Waals surface area contributed by atoms with Gasteiger partial charge >= 0.3 is 0 Å². The van der Waals surface area contributed by atoms with Crippen molar-refractivity contribution in [1.29, 1.82) is 0 Å². The highest BCUT2D eigenvalue weighted by atomic mass is 35.5. The summed E-state index contributed by atoms with van der Waals surface area (Å²) in [6.07, 6.45) is 1.45. The van der Waals surface area contributed by atoms with Crippen molar-refractivity contribution in [2.24, 2.45) is 0 Å². The molecule has 0 fully saturated rings. The Kier molecular flexibility index (Phi) is 5.08. The first-order valence-electron chi connectivity index (χ1n) is 7.01. The summed E-state index contributed by atoms with van der Waals surface area (Å²) in [5, 5.41) is 14.7. The Balaban J connectivity index is 1.72. The molecule has 5 nitrogen and oxygen atoms in total. The van der Waals surface area contributed by atoms with Crippen LogP contribution in [0.5, 0.6) is 0 Å². The quantitative estimate of drug-likeness (QED) is 0.689. The molecule has 0 aliphatic heterocycles. The fraction of sp³-hybridized carbons (Fsp3) is 0.0625. The van der Waals surface area contributed by atoms with Gasteiger partial charge in [-0.3, -0.25) is 0 Å². The number of rotatable bonds is 5. The fourth-order valence-corrected chi connectivity index (χ4v) is 2.32. The molecule has 0 radical (unpaired) electrons. The van der Waals surface area contributed by atoms with Crippen LogP contribution in [0.25, 0.3) is 0 Å². The predicted octanol–water partition coefficient (Wildman–Crippen LogP) is 4.67. The van der Waals surface area contributed by atoms with Crippen LogP contribution in [0.1, 0.15) is 5.56 Å². The van der Waals surface area contributed by atoms with Gasteiger partial charge in [-0.05, 0) is 24.3 Å². The van der Waals surface area contributed by atoms with Gasteiger partial charge in [0.05, 0.1) is 16.9 Å². The van der Waals surface area contributed by atoms with E-state index in [2.05, 4.69) is 25.8 Å². The molecule has 0 amide bonds. The molecule has 0 atom stereocenters. The van der Waals surface area contributed by atoms with E-state index in [1.807, 2.05) is 0 Å². The number of anilines is 3. The summed E-state index contributed by atoms with van der Waals surface area (Å²) in [6.45, 7) is 0.280. The first-order chi connectivity index (χ1) is 11.6. The van der Waals surface area contributed by atoms with Crippen LogP contribution in [0.15, 0.2) is 48.7 Å². The molecule has 2 N–H and O–H groups in total. The smallest absolute Gasteiger partial charge is 0.249 e. The Morgan fingerprint density at radius 2 is 1.92 bits per heavy atom. The third kappa shape index (κ3) is 4.10. The zero-order chi connectivity index (χ0) is 16.9. The molecule has 122 valence electrons. The molecule has 8 heteroatoms. The van der Waals surface area contributed by atoms with Crippen LogP contribution in [-0.2, 0) is 6.54 Å². The van der Waals surface area contributed by atoms with E-state index in [0.29, 0.717) is 27.1 Å². The first-order valence-corrected chi connectivity index (χ1v) is 7.76. The second-order valence-electron chi connectivity index (χ2n) is 4.86. The Morgan fingerprint density at radius 1 is 1.08 bits per heavy atom. The second-order valence-corrected chi connectivity index (χ2v) is 5.70. The van der Waals surface area contributed by atoms with E-state index >= 15 is 0 Å². The van der Waals surface area contributed by atoms with Crippen LogP contribution in [-0.4, -0.2) is 15.2 Å². The molecule has 3 aromatic rings. The molecule has 24 heavy (non-hydrogen) atoms. The summed E-state index contributed by atoms with van der Waals surface area (Å²) in [6, 6.07) is 11.5. The van der Waals surface area contributed by atoms with Gasteiger partial charge in [0.25, 0.3) is 0 Å². The molecule has 2 aromatic carbocycles. The number of hydrogen-bond donors (Lipinski definition) is 2. The summed E-state index contributed by atoms with van der Waals surface area (Å²) in [7, 11) is 0. The molecular weight excluding hydrogens is 352 g/mol. The topological polar surface area (TPSA) is 62.7 Å². The van der Waals surface area contributed by atoms with Crippen molar-refractivity contribution in [1.82, 2.24) is 15.2 Å². The Morgan fingerprint density at radius 3 is 2.75 bits per heavy atom. The van der Waals surface area contributed by atoms with Gasteiger partial charge < -0.3 is 10.6 Å². The standard InChI is InChI=1S/C16H12Cl2FN5/c17-11-5-6-12(18)14(7-11)22-16-23-15(9-21-24-16)20-8-10-3-1-2-4-13(10)19/h1-7,9H,8H2,(H2,20,22,23,24). The highest BCUT2D eigenvalue weighted by Crippen LogP contribution is 2.27. The minimum Gasteiger partial charge on any atom is -0.364 e. The maximum absolute atomic E-state index is 13.6. The molecule has 1 aromatic heterocycles. The van der Waals surface area contributed by atoms with E-state index in [0.717, 1.165) is 0 Å². The zero-order valence-corrected chi connectivity index (χ0v) is 13.8. The normalized spacial score (nSPS) is 10.5. The molecule has 0 unspecified atom stereocenters. The zero-order valence-electron chi connectivity index (χ0n) is 12.3. The van der Waals surface area contributed by atoms with E-state index in [9.17, 15) is 4.39 Å². The molecule has 0 aliphatic rings. The number of nitrogens with one attached hydrogen (secondary N) is 2. The molecule has 1 heterocycles.